The molecule has 4 rings (SSSR count). The summed E-state index contributed by atoms with van der Waals surface area (Å²) in [5.74, 6) is -1.02. The number of hydrogen-bond acceptors (Lipinski definition) is 3. The van der Waals surface area contributed by atoms with Crippen LogP contribution in [0.1, 0.15) is 18.0 Å². The van der Waals surface area contributed by atoms with Crippen molar-refractivity contribution in [2.24, 2.45) is 0 Å². The van der Waals surface area contributed by atoms with E-state index in [1.54, 1.807) is 17.0 Å². The maximum atomic E-state index is 13.5. The molecule has 158 valence electrons. The van der Waals surface area contributed by atoms with Gasteiger partial charge in [0.2, 0.25) is 0 Å². The Morgan fingerprint density at radius 2 is 1.55 bits per heavy atom. The first-order valence-electron chi connectivity index (χ1n) is 9.63. The molecule has 0 spiro atoms. The van der Waals surface area contributed by atoms with Gasteiger partial charge in [-0.3, -0.25) is 4.90 Å². The summed E-state index contributed by atoms with van der Waals surface area (Å²) < 4.78 is 0. The van der Waals surface area contributed by atoms with E-state index >= 15 is 0 Å². The van der Waals surface area contributed by atoms with Gasteiger partial charge >= 0.3 is 12.0 Å². The lowest BCUT2D eigenvalue weighted by atomic mass is 9.92. The molecule has 3 aromatic rings. The molecule has 1 aliphatic rings. The second-order valence-corrected chi connectivity index (χ2v) is 7.97. The fraction of sp³-hybridized carbons (Fsp3) is 0.130. The van der Waals surface area contributed by atoms with Crippen molar-refractivity contribution in [3.05, 3.63) is 88.4 Å². The van der Waals surface area contributed by atoms with E-state index in [1.807, 2.05) is 60.7 Å². The molecule has 0 aliphatic carbocycles. The van der Waals surface area contributed by atoms with Gasteiger partial charge in [0.25, 0.3) is 0 Å². The molecule has 0 radical (unpaired) electrons. The second-order valence-electron chi connectivity index (χ2n) is 7.13. The number of urea groups is 1. The summed E-state index contributed by atoms with van der Waals surface area (Å²) in [5.41, 5.74) is 2.46. The molecule has 0 saturated heterocycles. The third-order valence-electron chi connectivity index (χ3n) is 5.07. The van der Waals surface area contributed by atoms with Crippen LogP contribution in [0.15, 0.2) is 72.8 Å². The van der Waals surface area contributed by atoms with Crippen LogP contribution in [0.25, 0.3) is 0 Å². The number of hydrogen-bond donors (Lipinski definition) is 3. The van der Waals surface area contributed by atoms with Crippen molar-refractivity contribution in [2.45, 2.75) is 18.5 Å². The normalized spacial score (nSPS) is 17.2. The first-order chi connectivity index (χ1) is 14.9. The molecule has 6 nitrogen and oxygen atoms in total. The summed E-state index contributed by atoms with van der Waals surface area (Å²) in [6, 6.07) is 19.7. The van der Waals surface area contributed by atoms with Gasteiger partial charge in [0, 0.05) is 27.7 Å². The van der Waals surface area contributed by atoms with Crippen molar-refractivity contribution < 1.29 is 14.7 Å². The van der Waals surface area contributed by atoms with Gasteiger partial charge in [0.1, 0.15) is 6.04 Å². The number of carbonyl (C=O) groups is 2. The van der Waals surface area contributed by atoms with Gasteiger partial charge in [0.15, 0.2) is 0 Å². The van der Waals surface area contributed by atoms with Crippen LogP contribution in [0.2, 0.25) is 10.0 Å². The first-order valence-corrected chi connectivity index (χ1v) is 10.4. The van der Waals surface area contributed by atoms with Crippen LogP contribution in [0, 0.1) is 0 Å². The van der Waals surface area contributed by atoms with Gasteiger partial charge < -0.3 is 15.7 Å². The maximum absolute atomic E-state index is 13.5. The number of carboxylic acid groups (broad SMARTS) is 1. The van der Waals surface area contributed by atoms with Crippen LogP contribution in [0.3, 0.4) is 0 Å². The zero-order valence-electron chi connectivity index (χ0n) is 16.3. The zero-order valence-corrected chi connectivity index (χ0v) is 17.8. The van der Waals surface area contributed by atoms with Crippen LogP contribution in [0.5, 0.6) is 0 Å². The molecular formula is C23H19Cl2N3O3. The number of aliphatic carboxylic acids is 1. The number of carbonyl (C=O) groups excluding carboxylic acids is 1. The molecule has 2 atom stereocenters. The van der Waals surface area contributed by atoms with E-state index in [0.717, 1.165) is 0 Å². The van der Waals surface area contributed by atoms with Crippen molar-refractivity contribution in [1.29, 1.82) is 0 Å². The van der Waals surface area contributed by atoms with Crippen molar-refractivity contribution in [2.75, 3.05) is 10.2 Å². The smallest absolute Gasteiger partial charge is 0.326 e. The highest BCUT2D eigenvalue weighted by atomic mass is 35.5. The van der Waals surface area contributed by atoms with Gasteiger partial charge in [-0.1, -0.05) is 59.6 Å². The van der Waals surface area contributed by atoms with Crippen molar-refractivity contribution in [3.63, 3.8) is 0 Å². The van der Waals surface area contributed by atoms with Crippen molar-refractivity contribution in [3.8, 4) is 0 Å². The first kappa shape index (κ1) is 21.0. The molecule has 0 unspecified atom stereocenters. The number of para-hydroxylation sites is 2. The lowest BCUT2D eigenvalue weighted by molar-refractivity contribution is -0.138. The van der Waals surface area contributed by atoms with Crippen LogP contribution < -0.4 is 15.5 Å². The van der Waals surface area contributed by atoms with Crippen LogP contribution >= 0.6 is 23.2 Å². The van der Waals surface area contributed by atoms with Gasteiger partial charge in [0.05, 0.1) is 17.4 Å². The molecule has 0 saturated carbocycles. The minimum absolute atomic E-state index is 0.132. The highest BCUT2D eigenvalue weighted by molar-refractivity contribution is 6.35. The quantitative estimate of drug-likeness (QED) is 0.460. The Morgan fingerprint density at radius 3 is 2.10 bits per heavy atom. The number of amides is 2. The fourth-order valence-electron chi connectivity index (χ4n) is 3.70. The Balaban J connectivity index is 1.71. The standard InChI is InChI=1S/C23H19Cl2N3O3/c24-14-11-17(25)21-18(12-14)26-20(22(29)30)13-19(21)27-23(31)28(15-7-3-1-4-8-15)16-9-5-2-6-10-16/h1-12,19-20,26H,13H2,(H,27,31)(H,29,30)/t19-,20+/m1/s1. The van der Waals surface area contributed by atoms with Crippen LogP contribution in [-0.4, -0.2) is 23.1 Å². The van der Waals surface area contributed by atoms with E-state index in [-0.39, 0.29) is 6.42 Å². The van der Waals surface area contributed by atoms with E-state index in [4.69, 9.17) is 23.2 Å². The average molecular weight is 456 g/mol. The number of benzene rings is 3. The minimum Gasteiger partial charge on any atom is -0.480 e. The number of fused-ring (bicyclic) bond motifs is 1. The van der Waals surface area contributed by atoms with Crippen molar-refractivity contribution >= 4 is 52.3 Å². The highest BCUT2D eigenvalue weighted by Gasteiger charge is 2.34. The van der Waals surface area contributed by atoms with E-state index < -0.39 is 24.1 Å². The molecular weight excluding hydrogens is 437 g/mol. The Kier molecular flexibility index (Phi) is 6.02. The summed E-state index contributed by atoms with van der Waals surface area (Å²) in [7, 11) is 0. The second kappa shape index (κ2) is 8.88. The number of nitrogens with zero attached hydrogens (tertiary/aromatic N) is 1. The third kappa shape index (κ3) is 4.45. The number of rotatable bonds is 4. The third-order valence-corrected chi connectivity index (χ3v) is 5.60. The Bertz CT molecular complexity index is 1070. The summed E-state index contributed by atoms with van der Waals surface area (Å²) in [6.07, 6.45) is 0.132. The number of halogens is 2. The SMILES string of the molecule is O=C(O)[C@@H]1C[C@@H](NC(=O)N(c2ccccc2)c2ccccc2)c2c(Cl)cc(Cl)cc2N1. The molecule has 0 fully saturated rings. The topological polar surface area (TPSA) is 81.7 Å². The van der Waals surface area contributed by atoms with E-state index in [0.29, 0.717) is 32.7 Å². The van der Waals surface area contributed by atoms with Crippen molar-refractivity contribution in [1.82, 2.24) is 5.32 Å². The maximum Gasteiger partial charge on any atom is 0.326 e. The molecule has 8 heteroatoms. The lowest BCUT2D eigenvalue weighted by Gasteiger charge is -2.34. The van der Waals surface area contributed by atoms with Crippen LogP contribution in [-0.2, 0) is 4.79 Å². The molecule has 0 aromatic heterocycles. The van der Waals surface area contributed by atoms with Gasteiger partial charge in [-0.05, 0) is 36.4 Å². The van der Waals surface area contributed by atoms with Crippen LogP contribution in [0.4, 0.5) is 21.9 Å². The van der Waals surface area contributed by atoms with Gasteiger partial charge in [-0.2, -0.15) is 0 Å². The molecule has 1 aliphatic heterocycles. The molecule has 0 bridgehead atoms. The summed E-state index contributed by atoms with van der Waals surface area (Å²) >= 11 is 12.5. The highest BCUT2D eigenvalue weighted by Crippen LogP contribution is 2.40. The molecule has 3 aromatic carbocycles. The number of nitrogens with one attached hydrogen (secondary N) is 2. The summed E-state index contributed by atoms with van der Waals surface area (Å²) in [4.78, 5) is 26.7. The number of anilines is 3. The Labute approximate surface area is 189 Å². The molecule has 2 amide bonds. The lowest BCUT2D eigenvalue weighted by Crippen LogP contribution is -2.44. The largest absolute Gasteiger partial charge is 0.480 e. The minimum atomic E-state index is -1.02. The van der Waals surface area contributed by atoms with Gasteiger partial charge in [-0.15, -0.1) is 0 Å². The van der Waals surface area contributed by atoms with Gasteiger partial charge in [-0.25, -0.2) is 9.59 Å². The Morgan fingerprint density at radius 1 is 0.968 bits per heavy atom. The van der Waals surface area contributed by atoms with E-state index in [1.165, 1.54) is 0 Å². The average Bonchev–Trinajstić information content (AvgIpc) is 2.74. The fourth-order valence-corrected chi connectivity index (χ4v) is 4.33. The number of carboxylic acids is 1. The Hall–Kier alpha value is -3.22. The van der Waals surface area contributed by atoms with E-state index in [9.17, 15) is 14.7 Å². The molecule has 3 N–H and O–H groups in total. The monoisotopic (exact) mass is 455 g/mol. The molecule has 31 heavy (non-hydrogen) atoms. The summed E-state index contributed by atoms with van der Waals surface area (Å²) in [6.45, 7) is 0. The predicted octanol–water partition coefficient (Wildman–Crippen LogP) is 5.85. The molecule has 1 heterocycles. The zero-order chi connectivity index (χ0) is 22.0. The predicted molar refractivity (Wildman–Crippen MR) is 122 cm³/mol. The summed E-state index contributed by atoms with van der Waals surface area (Å²) in [5, 5.41) is 16.2. The van der Waals surface area contributed by atoms with E-state index in [2.05, 4.69) is 10.6 Å².